The van der Waals surface area contributed by atoms with Crippen LogP contribution in [0.4, 0.5) is 0 Å². The Balaban J connectivity index is 1.75. The number of hydrogen-bond acceptors (Lipinski definition) is 3. The van der Waals surface area contributed by atoms with E-state index in [-0.39, 0.29) is 0 Å². The Hall–Kier alpha value is -0.590. The molecule has 1 saturated carbocycles. The maximum Gasteiger partial charge on any atom is 0.0702 e. The van der Waals surface area contributed by atoms with Gasteiger partial charge in [-0.2, -0.15) is 5.26 Å². The van der Waals surface area contributed by atoms with Gasteiger partial charge in [0.25, 0.3) is 0 Å². The monoisotopic (exact) mass is 194 g/mol. The van der Waals surface area contributed by atoms with Crippen LogP contribution >= 0.6 is 0 Å². The molecule has 1 unspecified atom stereocenters. The van der Waals surface area contributed by atoms with Crippen LogP contribution in [0.3, 0.4) is 0 Å². The number of nitriles is 1. The van der Waals surface area contributed by atoms with Gasteiger partial charge < -0.3 is 4.74 Å². The summed E-state index contributed by atoms with van der Waals surface area (Å²) in [5, 5.41) is 8.57. The molecule has 0 amide bonds. The Morgan fingerprint density at radius 1 is 1.36 bits per heavy atom. The predicted molar refractivity (Wildman–Crippen MR) is 53.8 cm³/mol. The molecule has 3 heteroatoms. The highest BCUT2D eigenvalue weighted by Gasteiger charge is 2.31. The zero-order valence-corrected chi connectivity index (χ0v) is 8.61. The summed E-state index contributed by atoms with van der Waals surface area (Å²) in [4.78, 5) is 2.44. The number of ether oxygens (including phenoxy) is 1. The van der Waals surface area contributed by atoms with Gasteiger partial charge in [-0.25, -0.2) is 0 Å². The lowest BCUT2D eigenvalue weighted by atomic mass is 10.2. The fourth-order valence-electron chi connectivity index (χ4n) is 2.11. The average Bonchev–Trinajstić information content (AvgIpc) is 2.92. The molecule has 1 aliphatic heterocycles. The van der Waals surface area contributed by atoms with Crippen molar-refractivity contribution < 1.29 is 4.74 Å². The van der Waals surface area contributed by atoms with E-state index in [0.717, 1.165) is 25.7 Å². The van der Waals surface area contributed by atoms with E-state index in [1.54, 1.807) is 0 Å². The normalized spacial score (nSPS) is 26.7. The van der Waals surface area contributed by atoms with E-state index in [0.29, 0.717) is 12.5 Å². The molecule has 0 spiro atoms. The van der Waals surface area contributed by atoms with Crippen LogP contribution in [0.1, 0.15) is 32.1 Å². The zero-order valence-electron chi connectivity index (χ0n) is 8.61. The van der Waals surface area contributed by atoms with Crippen LogP contribution in [0.15, 0.2) is 0 Å². The number of hydrogen-bond donors (Lipinski definition) is 0. The molecule has 1 saturated heterocycles. The highest BCUT2D eigenvalue weighted by molar-refractivity contribution is 4.88. The highest BCUT2D eigenvalue weighted by Crippen LogP contribution is 2.28. The first-order valence-corrected chi connectivity index (χ1v) is 5.63. The minimum atomic E-state index is 0.439. The maximum atomic E-state index is 8.57. The van der Waals surface area contributed by atoms with E-state index in [2.05, 4.69) is 11.0 Å². The van der Waals surface area contributed by atoms with Gasteiger partial charge in [0.1, 0.15) is 0 Å². The topological polar surface area (TPSA) is 36.3 Å². The van der Waals surface area contributed by atoms with Crippen LogP contribution in [0.5, 0.6) is 0 Å². The fourth-order valence-corrected chi connectivity index (χ4v) is 2.11. The Kier molecular flexibility index (Phi) is 3.39. The standard InChI is InChI=1S/C11H18N2O/c12-6-2-7-13(10-4-5-10)9-11-3-1-8-14-11/h10-11H,1-5,7-9H2. The molecular weight excluding hydrogens is 176 g/mol. The second-order valence-electron chi connectivity index (χ2n) is 4.27. The largest absolute Gasteiger partial charge is 0.377 e. The summed E-state index contributed by atoms with van der Waals surface area (Å²) in [7, 11) is 0. The van der Waals surface area contributed by atoms with Crippen molar-refractivity contribution in [3.63, 3.8) is 0 Å². The molecule has 1 aliphatic carbocycles. The van der Waals surface area contributed by atoms with Gasteiger partial charge >= 0.3 is 0 Å². The van der Waals surface area contributed by atoms with E-state index in [4.69, 9.17) is 10.00 Å². The highest BCUT2D eigenvalue weighted by atomic mass is 16.5. The Labute approximate surface area is 85.6 Å². The number of nitrogens with zero attached hydrogens (tertiary/aromatic N) is 2. The van der Waals surface area contributed by atoms with Crippen molar-refractivity contribution in [1.29, 1.82) is 5.26 Å². The van der Waals surface area contributed by atoms with E-state index < -0.39 is 0 Å². The predicted octanol–water partition coefficient (Wildman–Crippen LogP) is 1.54. The van der Waals surface area contributed by atoms with Gasteiger partial charge in [0, 0.05) is 32.2 Å². The summed E-state index contributed by atoms with van der Waals surface area (Å²) in [5.74, 6) is 0. The van der Waals surface area contributed by atoms with Crippen molar-refractivity contribution in [2.75, 3.05) is 19.7 Å². The van der Waals surface area contributed by atoms with Crippen molar-refractivity contribution in [1.82, 2.24) is 4.90 Å². The van der Waals surface area contributed by atoms with E-state index >= 15 is 0 Å². The zero-order chi connectivity index (χ0) is 9.80. The van der Waals surface area contributed by atoms with Crippen molar-refractivity contribution in [2.24, 2.45) is 0 Å². The van der Waals surface area contributed by atoms with E-state index in [9.17, 15) is 0 Å². The molecule has 0 radical (unpaired) electrons. The van der Waals surface area contributed by atoms with Crippen LogP contribution in [-0.4, -0.2) is 36.7 Å². The summed E-state index contributed by atoms with van der Waals surface area (Å²) in [5.41, 5.74) is 0. The summed E-state index contributed by atoms with van der Waals surface area (Å²) in [6, 6.07) is 2.98. The molecule has 3 nitrogen and oxygen atoms in total. The minimum absolute atomic E-state index is 0.439. The van der Waals surface area contributed by atoms with Gasteiger partial charge in [-0.05, 0) is 25.7 Å². The van der Waals surface area contributed by atoms with Crippen LogP contribution < -0.4 is 0 Å². The molecule has 0 aromatic heterocycles. The third kappa shape index (κ3) is 2.70. The molecule has 0 N–H and O–H groups in total. The summed E-state index contributed by atoms with van der Waals surface area (Å²) in [6.07, 6.45) is 6.14. The van der Waals surface area contributed by atoms with Crippen LogP contribution in [0.2, 0.25) is 0 Å². The van der Waals surface area contributed by atoms with Gasteiger partial charge in [-0.1, -0.05) is 0 Å². The Morgan fingerprint density at radius 2 is 2.21 bits per heavy atom. The van der Waals surface area contributed by atoms with Gasteiger partial charge in [0.15, 0.2) is 0 Å². The second kappa shape index (κ2) is 4.77. The first-order valence-electron chi connectivity index (χ1n) is 5.63. The molecule has 0 aromatic rings. The third-order valence-electron chi connectivity index (χ3n) is 3.04. The van der Waals surface area contributed by atoms with Crippen LogP contribution in [0.25, 0.3) is 0 Å². The lowest BCUT2D eigenvalue weighted by molar-refractivity contribution is 0.0711. The van der Waals surface area contributed by atoms with Gasteiger partial charge in [-0.15, -0.1) is 0 Å². The molecule has 2 rings (SSSR count). The first-order chi connectivity index (χ1) is 6.90. The fraction of sp³-hybridized carbons (Fsp3) is 0.909. The lowest BCUT2D eigenvalue weighted by Crippen LogP contribution is -2.34. The lowest BCUT2D eigenvalue weighted by Gasteiger charge is -2.23. The number of rotatable bonds is 5. The molecule has 0 bridgehead atoms. The Morgan fingerprint density at radius 3 is 2.79 bits per heavy atom. The van der Waals surface area contributed by atoms with E-state index in [1.165, 1.54) is 25.7 Å². The summed E-state index contributed by atoms with van der Waals surface area (Å²) in [6.45, 7) is 2.91. The SMILES string of the molecule is N#CCCN(CC1CCCO1)C1CC1. The summed E-state index contributed by atoms with van der Waals surface area (Å²) < 4.78 is 5.62. The molecule has 0 aromatic carbocycles. The van der Waals surface area contributed by atoms with Crippen molar-refractivity contribution >= 4 is 0 Å². The van der Waals surface area contributed by atoms with Crippen molar-refractivity contribution in [3.05, 3.63) is 0 Å². The quantitative estimate of drug-likeness (QED) is 0.666. The molecular formula is C11H18N2O. The molecule has 1 heterocycles. The maximum absolute atomic E-state index is 8.57. The molecule has 78 valence electrons. The van der Waals surface area contributed by atoms with Crippen LogP contribution in [-0.2, 0) is 4.74 Å². The first kappa shape index (κ1) is 9.95. The molecule has 2 aliphatic rings. The average molecular weight is 194 g/mol. The Bertz CT molecular complexity index is 214. The molecule has 1 atom stereocenters. The van der Waals surface area contributed by atoms with Gasteiger partial charge in [-0.3, -0.25) is 4.90 Å². The van der Waals surface area contributed by atoms with Gasteiger partial charge in [0.05, 0.1) is 12.2 Å². The van der Waals surface area contributed by atoms with Crippen molar-refractivity contribution in [2.45, 2.75) is 44.2 Å². The third-order valence-corrected chi connectivity index (χ3v) is 3.04. The van der Waals surface area contributed by atoms with Crippen molar-refractivity contribution in [3.8, 4) is 6.07 Å². The smallest absolute Gasteiger partial charge is 0.0702 e. The molecule has 2 fully saturated rings. The van der Waals surface area contributed by atoms with Crippen LogP contribution in [0, 0.1) is 11.3 Å². The molecule has 14 heavy (non-hydrogen) atoms. The second-order valence-corrected chi connectivity index (χ2v) is 4.27. The van der Waals surface area contributed by atoms with E-state index in [1.807, 2.05) is 0 Å². The minimum Gasteiger partial charge on any atom is -0.377 e. The van der Waals surface area contributed by atoms with Gasteiger partial charge in [0.2, 0.25) is 0 Å². The summed E-state index contributed by atoms with van der Waals surface area (Å²) >= 11 is 0.